The summed E-state index contributed by atoms with van der Waals surface area (Å²) in [5.74, 6) is -0.184. The van der Waals surface area contributed by atoms with Gasteiger partial charge < -0.3 is 19.9 Å². The van der Waals surface area contributed by atoms with Crippen molar-refractivity contribution in [1.29, 1.82) is 0 Å². The molecule has 1 N–H and O–H groups in total. The Morgan fingerprint density at radius 3 is 2.34 bits per heavy atom. The Labute approximate surface area is 172 Å². The van der Waals surface area contributed by atoms with Gasteiger partial charge in [-0.05, 0) is 55.3 Å². The number of anilines is 2. The normalized spacial score (nSPS) is 13.9. The standard InChI is InChI=1S/C23H29N3O3/c1-17-5-4-6-21(18(17)2)25-13-15-26(16-14-25)22(27)11-12-24-20-9-7-19(8-10-20)23(28)29-3/h4-10,24H,11-16H2,1-3H3. The number of hydrogen-bond donors (Lipinski definition) is 1. The molecule has 0 bridgehead atoms. The van der Waals surface area contributed by atoms with Crippen LogP contribution in [0.25, 0.3) is 0 Å². The van der Waals surface area contributed by atoms with Crippen LogP contribution in [-0.4, -0.2) is 56.6 Å². The number of piperazine rings is 1. The Hall–Kier alpha value is -3.02. The Morgan fingerprint density at radius 2 is 1.69 bits per heavy atom. The first kappa shape index (κ1) is 20.7. The van der Waals surface area contributed by atoms with E-state index in [1.54, 1.807) is 12.1 Å². The van der Waals surface area contributed by atoms with Crippen LogP contribution in [0.15, 0.2) is 42.5 Å². The molecule has 0 aliphatic carbocycles. The van der Waals surface area contributed by atoms with E-state index in [-0.39, 0.29) is 11.9 Å². The topological polar surface area (TPSA) is 61.9 Å². The molecule has 154 valence electrons. The zero-order chi connectivity index (χ0) is 20.8. The Kier molecular flexibility index (Phi) is 6.75. The molecule has 0 aromatic heterocycles. The predicted molar refractivity (Wildman–Crippen MR) is 116 cm³/mol. The number of nitrogens with one attached hydrogen (secondary N) is 1. The molecular weight excluding hydrogens is 366 g/mol. The molecule has 2 aromatic carbocycles. The first-order valence-electron chi connectivity index (χ1n) is 10.0. The molecule has 1 aliphatic heterocycles. The number of esters is 1. The average molecular weight is 396 g/mol. The fraction of sp³-hybridized carbons (Fsp3) is 0.391. The van der Waals surface area contributed by atoms with Crippen molar-refractivity contribution >= 4 is 23.3 Å². The van der Waals surface area contributed by atoms with Gasteiger partial charge in [-0.3, -0.25) is 4.79 Å². The molecule has 6 heteroatoms. The summed E-state index contributed by atoms with van der Waals surface area (Å²) < 4.78 is 4.69. The lowest BCUT2D eigenvalue weighted by Crippen LogP contribution is -2.49. The third-order valence-electron chi connectivity index (χ3n) is 5.52. The van der Waals surface area contributed by atoms with Gasteiger partial charge in [0.1, 0.15) is 0 Å². The zero-order valence-electron chi connectivity index (χ0n) is 17.4. The summed E-state index contributed by atoms with van der Waals surface area (Å²) >= 11 is 0. The number of ether oxygens (including phenoxy) is 1. The third kappa shape index (κ3) is 5.08. The minimum Gasteiger partial charge on any atom is -0.465 e. The van der Waals surface area contributed by atoms with Gasteiger partial charge in [0.05, 0.1) is 12.7 Å². The number of nitrogens with zero attached hydrogens (tertiary/aromatic N) is 2. The summed E-state index contributed by atoms with van der Waals surface area (Å²) in [6.45, 7) is 8.07. The van der Waals surface area contributed by atoms with Gasteiger partial charge in [-0.2, -0.15) is 0 Å². The SMILES string of the molecule is COC(=O)c1ccc(NCCC(=O)N2CCN(c3cccc(C)c3C)CC2)cc1. The largest absolute Gasteiger partial charge is 0.465 e. The summed E-state index contributed by atoms with van der Waals surface area (Å²) in [6, 6.07) is 13.5. The van der Waals surface area contributed by atoms with Crippen molar-refractivity contribution in [2.45, 2.75) is 20.3 Å². The number of benzene rings is 2. The molecule has 1 aliphatic rings. The molecule has 1 saturated heterocycles. The highest BCUT2D eigenvalue weighted by molar-refractivity contribution is 5.89. The van der Waals surface area contributed by atoms with E-state index in [0.29, 0.717) is 18.5 Å². The van der Waals surface area contributed by atoms with Crippen LogP contribution >= 0.6 is 0 Å². The number of hydrogen-bond acceptors (Lipinski definition) is 5. The number of amides is 1. The number of carbonyl (C=O) groups excluding carboxylic acids is 2. The van der Waals surface area contributed by atoms with Crippen LogP contribution in [0.5, 0.6) is 0 Å². The van der Waals surface area contributed by atoms with E-state index in [0.717, 1.165) is 31.9 Å². The van der Waals surface area contributed by atoms with Crippen LogP contribution in [0.4, 0.5) is 11.4 Å². The van der Waals surface area contributed by atoms with Crippen molar-refractivity contribution < 1.29 is 14.3 Å². The quantitative estimate of drug-likeness (QED) is 0.761. The highest BCUT2D eigenvalue weighted by Gasteiger charge is 2.22. The smallest absolute Gasteiger partial charge is 0.337 e. The molecule has 29 heavy (non-hydrogen) atoms. The highest BCUT2D eigenvalue weighted by atomic mass is 16.5. The van der Waals surface area contributed by atoms with Crippen LogP contribution in [0.3, 0.4) is 0 Å². The maximum absolute atomic E-state index is 12.5. The van der Waals surface area contributed by atoms with Gasteiger partial charge in [-0.25, -0.2) is 4.79 Å². The van der Waals surface area contributed by atoms with E-state index in [2.05, 4.69) is 42.3 Å². The number of carbonyl (C=O) groups is 2. The van der Waals surface area contributed by atoms with Crippen molar-refractivity contribution in [2.24, 2.45) is 0 Å². The average Bonchev–Trinajstić information content (AvgIpc) is 2.75. The van der Waals surface area contributed by atoms with E-state index in [1.165, 1.54) is 23.9 Å². The minimum absolute atomic E-state index is 0.171. The molecule has 1 amide bonds. The first-order valence-corrected chi connectivity index (χ1v) is 10.0. The summed E-state index contributed by atoms with van der Waals surface area (Å²) in [6.07, 6.45) is 0.447. The van der Waals surface area contributed by atoms with Gasteiger partial charge >= 0.3 is 5.97 Å². The lowest BCUT2D eigenvalue weighted by atomic mass is 10.1. The third-order valence-corrected chi connectivity index (χ3v) is 5.52. The Morgan fingerprint density at radius 1 is 1.00 bits per heavy atom. The van der Waals surface area contributed by atoms with Crippen LogP contribution in [0.1, 0.15) is 27.9 Å². The lowest BCUT2D eigenvalue weighted by molar-refractivity contribution is -0.131. The van der Waals surface area contributed by atoms with Crippen molar-refractivity contribution in [3.05, 3.63) is 59.2 Å². The lowest BCUT2D eigenvalue weighted by Gasteiger charge is -2.37. The van der Waals surface area contributed by atoms with Crippen molar-refractivity contribution in [3.63, 3.8) is 0 Å². The van der Waals surface area contributed by atoms with E-state index < -0.39 is 0 Å². The number of rotatable bonds is 6. The van der Waals surface area contributed by atoms with Crippen LogP contribution in [-0.2, 0) is 9.53 Å². The minimum atomic E-state index is -0.355. The molecule has 1 heterocycles. The van der Waals surface area contributed by atoms with Crippen LogP contribution in [0.2, 0.25) is 0 Å². The monoisotopic (exact) mass is 395 g/mol. The number of methoxy groups -OCH3 is 1. The van der Waals surface area contributed by atoms with Crippen LogP contribution in [0, 0.1) is 13.8 Å². The molecule has 1 fully saturated rings. The Balaban J connectivity index is 1.44. The Bertz CT molecular complexity index is 856. The highest BCUT2D eigenvalue weighted by Crippen LogP contribution is 2.24. The fourth-order valence-corrected chi connectivity index (χ4v) is 3.59. The van der Waals surface area contributed by atoms with E-state index >= 15 is 0 Å². The summed E-state index contributed by atoms with van der Waals surface area (Å²) in [5, 5.41) is 3.24. The molecule has 3 rings (SSSR count). The molecule has 0 spiro atoms. The molecule has 0 atom stereocenters. The van der Waals surface area contributed by atoms with Gasteiger partial charge in [-0.15, -0.1) is 0 Å². The molecular formula is C23H29N3O3. The summed E-state index contributed by atoms with van der Waals surface area (Å²) in [4.78, 5) is 28.3. The second-order valence-corrected chi connectivity index (χ2v) is 7.33. The zero-order valence-corrected chi connectivity index (χ0v) is 17.4. The molecule has 0 saturated carbocycles. The molecule has 0 unspecified atom stereocenters. The first-order chi connectivity index (χ1) is 14.0. The maximum atomic E-state index is 12.5. The van der Waals surface area contributed by atoms with Crippen molar-refractivity contribution in [1.82, 2.24) is 4.90 Å². The van der Waals surface area contributed by atoms with Gasteiger partial charge in [-0.1, -0.05) is 12.1 Å². The van der Waals surface area contributed by atoms with Crippen molar-refractivity contribution in [3.8, 4) is 0 Å². The predicted octanol–water partition coefficient (Wildman–Crippen LogP) is 3.24. The van der Waals surface area contributed by atoms with E-state index in [4.69, 9.17) is 4.74 Å². The van der Waals surface area contributed by atoms with Gasteiger partial charge in [0, 0.05) is 50.5 Å². The van der Waals surface area contributed by atoms with E-state index in [1.807, 2.05) is 17.0 Å². The molecule has 2 aromatic rings. The maximum Gasteiger partial charge on any atom is 0.337 e. The summed E-state index contributed by atoms with van der Waals surface area (Å²) in [7, 11) is 1.36. The fourth-order valence-electron chi connectivity index (χ4n) is 3.59. The number of aryl methyl sites for hydroxylation is 1. The second kappa shape index (κ2) is 9.45. The van der Waals surface area contributed by atoms with E-state index in [9.17, 15) is 9.59 Å². The molecule has 6 nitrogen and oxygen atoms in total. The van der Waals surface area contributed by atoms with Gasteiger partial charge in [0.25, 0.3) is 0 Å². The van der Waals surface area contributed by atoms with Gasteiger partial charge in [0.2, 0.25) is 5.91 Å². The molecule has 0 radical (unpaired) electrons. The second-order valence-electron chi connectivity index (χ2n) is 7.33. The van der Waals surface area contributed by atoms with Crippen LogP contribution < -0.4 is 10.2 Å². The summed E-state index contributed by atoms with van der Waals surface area (Å²) in [5.41, 5.74) is 5.27. The van der Waals surface area contributed by atoms with Gasteiger partial charge in [0.15, 0.2) is 0 Å². The van der Waals surface area contributed by atoms with Crippen molar-refractivity contribution in [2.75, 3.05) is 50.1 Å².